The van der Waals surface area contributed by atoms with E-state index in [-0.39, 0.29) is 6.54 Å². The number of thioether (sulfide) groups is 1. The summed E-state index contributed by atoms with van der Waals surface area (Å²) < 4.78 is 5.52. The third kappa shape index (κ3) is 4.84. The lowest BCUT2D eigenvalue weighted by Gasteiger charge is -2.21. The zero-order valence-electron chi connectivity index (χ0n) is 14.3. The molecule has 0 saturated carbocycles. The van der Waals surface area contributed by atoms with E-state index in [1.807, 2.05) is 31.2 Å². The zero-order chi connectivity index (χ0) is 17.7. The molecule has 130 valence electrons. The van der Waals surface area contributed by atoms with Crippen LogP contribution < -0.4 is 5.32 Å². The molecule has 1 atom stereocenters. The highest BCUT2D eigenvalue weighted by molar-refractivity contribution is 7.98. The Balaban J connectivity index is 1.60. The highest BCUT2D eigenvalue weighted by Gasteiger charge is 2.26. The van der Waals surface area contributed by atoms with Gasteiger partial charge in [0.2, 0.25) is 0 Å². The summed E-state index contributed by atoms with van der Waals surface area (Å²) in [7, 11) is 0. The predicted molar refractivity (Wildman–Crippen MR) is 99.5 cm³/mol. The van der Waals surface area contributed by atoms with Gasteiger partial charge in [0.05, 0.1) is 18.9 Å². The molecule has 0 aliphatic heterocycles. The number of rotatable bonds is 7. The molecule has 1 aromatic carbocycles. The van der Waals surface area contributed by atoms with Crippen molar-refractivity contribution in [1.82, 2.24) is 9.97 Å². The van der Waals surface area contributed by atoms with Crippen molar-refractivity contribution in [2.75, 3.05) is 11.9 Å². The Morgan fingerprint density at radius 1 is 1.16 bits per heavy atom. The van der Waals surface area contributed by atoms with Crippen LogP contribution in [0.1, 0.15) is 24.0 Å². The van der Waals surface area contributed by atoms with E-state index >= 15 is 0 Å². The van der Waals surface area contributed by atoms with Crippen LogP contribution in [0.4, 0.5) is 5.82 Å². The maximum absolute atomic E-state index is 10.6. The van der Waals surface area contributed by atoms with Crippen molar-refractivity contribution in [2.45, 2.75) is 30.2 Å². The van der Waals surface area contributed by atoms with Gasteiger partial charge in [-0.1, -0.05) is 30.3 Å². The molecule has 3 rings (SSSR count). The van der Waals surface area contributed by atoms with Crippen molar-refractivity contribution >= 4 is 17.6 Å². The molecule has 2 aromatic heterocycles. The number of aryl methyl sites for hydroxylation is 1. The van der Waals surface area contributed by atoms with E-state index < -0.39 is 5.60 Å². The first kappa shape index (κ1) is 17.5. The first-order chi connectivity index (χ1) is 12.0. The SMILES string of the molecule is Cc1ccc(C(C)(O)CNc2cncc(SCc3ccccc3)n2)o1. The van der Waals surface area contributed by atoms with Crippen LogP contribution in [0.3, 0.4) is 0 Å². The van der Waals surface area contributed by atoms with Crippen molar-refractivity contribution in [3.63, 3.8) is 0 Å². The highest BCUT2D eigenvalue weighted by atomic mass is 32.2. The normalized spacial score (nSPS) is 13.4. The first-order valence-electron chi connectivity index (χ1n) is 8.05. The number of hydrogen-bond donors (Lipinski definition) is 2. The molecule has 0 bridgehead atoms. The molecular weight excluding hydrogens is 334 g/mol. The highest BCUT2D eigenvalue weighted by Crippen LogP contribution is 2.24. The summed E-state index contributed by atoms with van der Waals surface area (Å²) in [6.45, 7) is 3.84. The van der Waals surface area contributed by atoms with Crippen LogP contribution in [-0.2, 0) is 11.4 Å². The lowest BCUT2D eigenvalue weighted by molar-refractivity contribution is 0.0467. The molecule has 0 fully saturated rings. The number of furan rings is 1. The van der Waals surface area contributed by atoms with E-state index in [1.54, 1.807) is 37.1 Å². The fourth-order valence-electron chi connectivity index (χ4n) is 2.31. The second-order valence-corrected chi connectivity index (χ2v) is 7.05. The maximum Gasteiger partial charge on any atom is 0.145 e. The maximum atomic E-state index is 10.6. The van der Waals surface area contributed by atoms with Gasteiger partial charge in [0.15, 0.2) is 0 Å². The van der Waals surface area contributed by atoms with Crippen LogP contribution in [0.25, 0.3) is 0 Å². The van der Waals surface area contributed by atoms with Crippen LogP contribution in [0.2, 0.25) is 0 Å². The average molecular weight is 355 g/mol. The fourth-order valence-corrected chi connectivity index (χ4v) is 3.11. The number of nitrogens with zero attached hydrogens (tertiary/aromatic N) is 2. The first-order valence-corrected chi connectivity index (χ1v) is 9.03. The van der Waals surface area contributed by atoms with Crippen LogP contribution >= 0.6 is 11.8 Å². The summed E-state index contributed by atoms with van der Waals surface area (Å²) in [5, 5.41) is 14.5. The summed E-state index contributed by atoms with van der Waals surface area (Å²) in [6, 6.07) is 13.9. The molecule has 3 aromatic rings. The molecule has 25 heavy (non-hydrogen) atoms. The van der Waals surface area contributed by atoms with Crippen molar-refractivity contribution in [3.05, 3.63) is 71.9 Å². The Morgan fingerprint density at radius 3 is 2.68 bits per heavy atom. The van der Waals surface area contributed by atoms with Gasteiger partial charge in [-0.25, -0.2) is 4.98 Å². The molecule has 0 spiro atoms. The predicted octanol–water partition coefficient (Wildman–Crippen LogP) is 3.99. The number of nitrogens with one attached hydrogen (secondary N) is 1. The fraction of sp³-hybridized carbons (Fsp3) is 0.263. The number of hydrogen-bond acceptors (Lipinski definition) is 6. The largest absolute Gasteiger partial charge is 0.463 e. The lowest BCUT2D eigenvalue weighted by atomic mass is 10.0. The van der Waals surface area contributed by atoms with E-state index in [9.17, 15) is 5.11 Å². The molecule has 2 N–H and O–H groups in total. The summed E-state index contributed by atoms with van der Waals surface area (Å²) >= 11 is 1.63. The monoisotopic (exact) mass is 355 g/mol. The Bertz CT molecular complexity index is 818. The van der Waals surface area contributed by atoms with Gasteiger partial charge in [0, 0.05) is 5.75 Å². The molecule has 0 amide bonds. The number of aliphatic hydroxyl groups is 1. The molecule has 0 aliphatic rings. The van der Waals surface area contributed by atoms with Gasteiger partial charge in [0.1, 0.15) is 28.0 Å². The smallest absolute Gasteiger partial charge is 0.145 e. The molecule has 0 saturated heterocycles. The van der Waals surface area contributed by atoms with E-state index in [0.717, 1.165) is 16.5 Å². The minimum Gasteiger partial charge on any atom is -0.463 e. The van der Waals surface area contributed by atoms with E-state index in [4.69, 9.17) is 4.42 Å². The van der Waals surface area contributed by atoms with Gasteiger partial charge in [0.25, 0.3) is 0 Å². The van der Waals surface area contributed by atoms with Crippen molar-refractivity contribution in [2.24, 2.45) is 0 Å². The van der Waals surface area contributed by atoms with Crippen LogP contribution in [-0.4, -0.2) is 21.6 Å². The van der Waals surface area contributed by atoms with Crippen LogP contribution in [0, 0.1) is 6.92 Å². The zero-order valence-corrected chi connectivity index (χ0v) is 15.1. The standard InChI is InChI=1S/C19H21N3O2S/c1-14-8-9-16(24-14)19(2,23)13-21-17-10-20-11-18(22-17)25-12-15-6-4-3-5-7-15/h3-11,23H,12-13H2,1-2H3,(H,21,22). The second-order valence-electron chi connectivity index (χ2n) is 6.05. The van der Waals surface area contributed by atoms with Gasteiger partial charge in [-0.3, -0.25) is 4.98 Å². The molecule has 1 unspecified atom stereocenters. The van der Waals surface area contributed by atoms with Gasteiger partial charge in [-0.15, -0.1) is 11.8 Å². The number of aromatic nitrogens is 2. The third-order valence-corrected chi connectivity index (χ3v) is 4.70. The van der Waals surface area contributed by atoms with Crippen LogP contribution in [0.15, 0.2) is 64.3 Å². The van der Waals surface area contributed by atoms with Gasteiger partial charge in [-0.2, -0.15) is 0 Å². The Kier molecular flexibility index (Phi) is 5.40. The molecule has 0 aliphatic carbocycles. The topological polar surface area (TPSA) is 71.2 Å². The quantitative estimate of drug-likeness (QED) is 0.625. The summed E-state index contributed by atoms with van der Waals surface area (Å²) in [5.41, 5.74) is 0.118. The van der Waals surface area contributed by atoms with E-state index in [1.165, 1.54) is 5.56 Å². The second kappa shape index (κ2) is 7.72. The van der Waals surface area contributed by atoms with E-state index in [2.05, 4.69) is 27.4 Å². The van der Waals surface area contributed by atoms with Gasteiger partial charge in [-0.05, 0) is 31.5 Å². The number of benzene rings is 1. The third-order valence-electron chi connectivity index (χ3n) is 3.73. The Labute approximate surface area is 151 Å². The summed E-state index contributed by atoms with van der Waals surface area (Å²) in [4.78, 5) is 8.76. The van der Waals surface area contributed by atoms with E-state index in [0.29, 0.717) is 11.6 Å². The molecular formula is C19H21N3O2S. The minimum absolute atomic E-state index is 0.279. The molecule has 0 radical (unpaired) electrons. The van der Waals surface area contributed by atoms with Crippen molar-refractivity contribution in [3.8, 4) is 0 Å². The van der Waals surface area contributed by atoms with Crippen molar-refractivity contribution in [1.29, 1.82) is 0 Å². The van der Waals surface area contributed by atoms with Crippen molar-refractivity contribution < 1.29 is 9.52 Å². The minimum atomic E-state index is -1.12. The molecule has 6 heteroatoms. The summed E-state index contributed by atoms with van der Waals surface area (Å²) in [5.74, 6) is 2.76. The van der Waals surface area contributed by atoms with Gasteiger partial charge >= 0.3 is 0 Å². The Morgan fingerprint density at radius 2 is 1.96 bits per heavy atom. The molecule has 5 nitrogen and oxygen atoms in total. The summed E-state index contributed by atoms with van der Waals surface area (Å²) in [6.07, 6.45) is 3.39. The lowest BCUT2D eigenvalue weighted by Crippen LogP contribution is -2.30. The van der Waals surface area contributed by atoms with Gasteiger partial charge < -0.3 is 14.8 Å². The molecule has 2 heterocycles. The Hall–Kier alpha value is -2.31. The van der Waals surface area contributed by atoms with Crippen LogP contribution in [0.5, 0.6) is 0 Å². The number of anilines is 1. The average Bonchev–Trinajstić information content (AvgIpc) is 3.07.